The number of carbonyl (C=O) groups is 3. The Hall–Kier alpha value is -4.00. The van der Waals surface area contributed by atoms with Crippen molar-refractivity contribution in [1.29, 1.82) is 0 Å². The molecule has 0 aliphatic rings. The van der Waals surface area contributed by atoms with Crippen LogP contribution in [0.2, 0.25) is 0 Å². The molecule has 0 atom stereocenters. The summed E-state index contributed by atoms with van der Waals surface area (Å²) in [4.78, 5) is 39.9. The molecular weight excluding hydrogens is 423 g/mol. The van der Waals surface area contributed by atoms with Crippen molar-refractivity contribution in [1.82, 2.24) is 4.57 Å². The molecule has 0 unspecified atom stereocenters. The van der Waals surface area contributed by atoms with Crippen molar-refractivity contribution < 1.29 is 23.2 Å². The van der Waals surface area contributed by atoms with Crippen molar-refractivity contribution in [2.45, 2.75) is 27.2 Å². The van der Waals surface area contributed by atoms with E-state index in [4.69, 9.17) is 4.42 Å². The van der Waals surface area contributed by atoms with Crippen LogP contribution in [0.4, 0.5) is 10.1 Å². The van der Waals surface area contributed by atoms with E-state index in [9.17, 15) is 18.8 Å². The van der Waals surface area contributed by atoms with Crippen LogP contribution in [-0.4, -0.2) is 22.2 Å². The van der Waals surface area contributed by atoms with Gasteiger partial charge < -0.3 is 9.73 Å². The Balaban J connectivity index is 2.01. The highest BCUT2D eigenvalue weighted by atomic mass is 19.1. The van der Waals surface area contributed by atoms with E-state index < -0.39 is 17.5 Å². The van der Waals surface area contributed by atoms with Crippen LogP contribution in [0.5, 0.6) is 0 Å². The molecule has 6 nitrogen and oxygen atoms in total. The van der Waals surface area contributed by atoms with Gasteiger partial charge >= 0.3 is 0 Å². The van der Waals surface area contributed by atoms with Crippen molar-refractivity contribution in [2.24, 2.45) is 5.92 Å². The van der Waals surface area contributed by atoms with E-state index >= 15 is 0 Å². The quantitative estimate of drug-likeness (QED) is 0.392. The number of furan rings is 1. The molecule has 0 spiro atoms. The van der Waals surface area contributed by atoms with Crippen molar-refractivity contribution in [3.63, 3.8) is 0 Å². The highest BCUT2D eigenvalue weighted by molar-refractivity contribution is 6.22. The Morgan fingerprint density at radius 1 is 1.03 bits per heavy atom. The number of ketones is 1. The van der Waals surface area contributed by atoms with Crippen LogP contribution in [-0.2, 0) is 4.79 Å². The molecule has 0 fully saturated rings. The van der Waals surface area contributed by atoms with Crippen LogP contribution < -0.4 is 5.32 Å². The zero-order valence-corrected chi connectivity index (χ0v) is 18.5. The summed E-state index contributed by atoms with van der Waals surface area (Å²) in [6.07, 6.45) is 1.62. The Kier molecular flexibility index (Phi) is 5.96. The molecule has 2 aromatic carbocycles. The first-order valence-corrected chi connectivity index (χ1v) is 10.6. The van der Waals surface area contributed by atoms with Gasteiger partial charge in [0.25, 0.3) is 5.91 Å². The molecule has 33 heavy (non-hydrogen) atoms. The minimum Gasteiger partial charge on any atom is -0.459 e. The van der Waals surface area contributed by atoms with Gasteiger partial charge in [0, 0.05) is 17.4 Å². The number of nitrogens with one attached hydrogen (secondary N) is 1. The second-order valence-corrected chi connectivity index (χ2v) is 8.29. The smallest absolute Gasteiger partial charge is 0.298 e. The summed E-state index contributed by atoms with van der Waals surface area (Å²) in [7, 11) is 0. The lowest BCUT2D eigenvalue weighted by Gasteiger charge is -2.11. The van der Waals surface area contributed by atoms with Crippen LogP contribution in [0, 0.1) is 18.7 Å². The van der Waals surface area contributed by atoms with Crippen LogP contribution in [0.15, 0.2) is 65.3 Å². The highest BCUT2D eigenvalue weighted by Crippen LogP contribution is 2.36. The molecule has 0 aliphatic carbocycles. The maximum atomic E-state index is 13.7. The first-order valence-electron chi connectivity index (χ1n) is 10.6. The molecule has 4 rings (SSSR count). The number of carbonyl (C=O) groups excluding carboxylic acids is 3. The normalized spacial score (nSPS) is 11.2. The Morgan fingerprint density at radius 2 is 1.76 bits per heavy atom. The summed E-state index contributed by atoms with van der Waals surface area (Å²) >= 11 is 0. The number of halogens is 1. The largest absolute Gasteiger partial charge is 0.459 e. The van der Waals surface area contributed by atoms with Crippen molar-refractivity contribution in [3.05, 3.63) is 89.3 Å². The van der Waals surface area contributed by atoms with E-state index in [0.29, 0.717) is 10.9 Å². The molecule has 0 saturated carbocycles. The van der Waals surface area contributed by atoms with Crippen molar-refractivity contribution >= 4 is 34.2 Å². The van der Waals surface area contributed by atoms with Gasteiger partial charge in [-0.15, -0.1) is 0 Å². The van der Waals surface area contributed by atoms with E-state index in [1.165, 1.54) is 41.2 Å². The maximum Gasteiger partial charge on any atom is 0.298 e. The minimum absolute atomic E-state index is 0.00980. The van der Waals surface area contributed by atoms with Crippen LogP contribution >= 0.6 is 0 Å². The van der Waals surface area contributed by atoms with Gasteiger partial charge in [-0.2, -0.15) is 0 Å². The topological polar surface area (TPSA) is 81.3 Å². The monoisotopic (exact) mass is 446 g/mol. The van der Waals surface area contributed by atoms with Gasteiger partial charge in [-0.3, -0.25) is 19.0 Å². The Bertz CT molecular complexity index is 1350. The van der Waals surface area contributed by atoms with Gasteiger partial charge in [0.05, 0.1) is 17.5 Å². The number of fused-ring (bicyclic) bond motifs is 1. The molecule has 0 radical (unpaired) electrons. The van der Waals surface area contributed by atoms with E-state index in [-0.39, 0.29) is 41.0 Å². The summed E-state index contributed by atoms with van der Waals surface area (Å²) in [5.41, 5.74) is 1.67. The fourth-order valence-electron chi connectivity index (χ4n) is 3.87. The highest BCUT2D eigenvalue weighted by Gasteiger charge is 2.30. The number of nitrogens with zero attached hydrogens (tertiary/aromatic N) is 1. The first kappa shape index (κ1) is 22.2. The summed E-state index contributed by atoms with van der Waals surface area (Å²) in [5, 5.41) is 3.45. The van der Waals surface area contributed by atoms with Crippen molar-refractivity contribution in [3.8, 4) is 0 Å². The number of amides is 1. The summed E-state index contributed by atoms with van der Waals surface area (Å²) in [5.74, 6) is -1.69. The van der Waals surface area contributed by atoms with Gasteiger partial charge in [0.1, 0.15) is 11.5 Å². The molecule has 7 heteroatoms. The number of anilines is 1. The predicted octanol–water partition coefficient (Wildman–Crippen LogP) is 5.59. The molecule has 2 aromatic heterocycles. The number of aryl methyl sites for hydroxylation is 1. The third-order valence-corrected chi connectivity index (χ3v) is 5.32. The lowest BCUT2D eigenvalue weighted by atomic mass is 10.0. The van der Waals surface area contributed by atoms with Gasteiger partial charge in [-0.25, -0.2) is 4.39 Å². The van der Waals surface area contributed by atoms with E-state index in [0.717, 1.165) is 5.56 Å². The van der Waals surface area contributed by atoms with E-state index in [1.807, 2.05) is 26.8 Å². The third kappa shape index (κ3) is 4.22. The minimum atomic E-state index is -0.551. The van der Waals surface area contributed by atoms with Crippen LogP contribution in [0.3, 0.4) is 0 Å². The zero-order valence-electron chi connectivity index (χ0n) is 18.5. The number of benzene rings is 2. The molecule has 0 aliphatic heterocycles. The molecule has 0 saturated heterocycles. The van der Waals surface area contributed by atoms with E-state index in [2.05, 4.69) is 5.32 Å². The number of rotatable bonds is 6. The summed E-state index contributed by atoms with van der Waals surface area (Å²) < 4.78 is 20.1. The third-order valence-electron chi connectivity index (χ3n) is 5.32. The molecule has 1 N–H and O–H groups in total. The first-order chi connectivity index (χ1) is 15.8. The van der Waals surface area contributed by atoms with Crippen molar-refractivity contribution in [2.75, 3.05) is 5.32 Å². The second kappa shape index (κ2) is 8.86. The SMILES string of the molecule is Cc1cccc2c1c(NC(=O)CC(C)C)c(C(=O)c1ccc(F)cc1)n2C(=O)c1ccco1. The fourth-order valence-corrected chi connectivity index (χ4v) is 3.87. The number of hydrogen-bond acceptors (Lipinski definition) is 4. The molecule has 168 valence electrons. The maximum absolute atomic E-state index is 13.7. The Labute approximate surface area is 190 Å². The van der Waals surface area contributed by atoms with E-state index in [1.54, 1.807) is 18.2 Å². The Morgan fingerprint density at radius 3 is 2.39 bits per heavy atom. The van der Waals surface area contributed by atoms with Gasteiger partial charge in [0.15, 0.2) is 5.76 Å². The molecule has 4 aromatic rings. The average Bonchev–Trinajstić information content (AvgIpc) is 3.40. The number of hydrogen-bond donors (Lipinski definition) is 1. The summed E-state index contributed by atoms with van der Waals surface area (Å²) in [6, 6.07) is 13.5. The average molecular weight is 446 g/mol. The zero-order chi connectivity index (χ0) is 23.7. The molecule has 2 heterocycles. The summed E-state index contributed by atoms with van der Waals surface area (Å²) in [6.45, 7) is 5.67. The van der Waals surface area contributed by atoms with Crippen LogP contribution in [0.1, 0.15) is 52.4 Å². The number of aromatic nitrogens is 1. The molecule has 1 amide bonds. The van der Waals surface area contributed by atoms with Crippen LogP contribution in [0.25, 0.3) is 10.9 Å². The second-order valence-electron chi connectivity index (χ2n) is 8.29. The van der Waals surface area contributed by atoms with Gasteiger partial charge in [0.2, 0.25) is 11.7 Å². The van der Waals surface area contributed by atoms with Gasteiger partial charge in [-0.05, 0) is 60.9 Å². The predicted molar refractivity (Wildman–Crippen MR) is 123 cm³/mol. The standard InChI is InChI=1S/C26H23FN2O4/c1-15(2)14-21(30)28-23-22-16(3)6-4-7-19(22)29(26(32)20-8-5-13-33-20)24(23)25(31)17-9-11-18(27)12-10-17/h4-13,15H,14H2,1-3H3,(H,28,30). The van der Waals surface area contributed by atoms with Gasteiger partial charge in [-0.1, -0.05) is 26.0 Å². The lowest BCUT2D eigenvalue weighted by molar-refractivity contribution is -0.116. The molecule has 0 bridgehead atoms. The molecular formula is C26H23FN2O4. The fraction of sp³-hybridized carbons (Fsp3) is 0.192. The lowest BCUT2D eigenvalue weighted by Crippen LogP contribution is -2.21.